The maximum absolute atomic E-state index is 12.6. The smallest absolute Gasteiger partial charge is 0.250 e. The minimum Gasteiger partial charge on any atom is -0.509 e. The lowest BCUT2D eigenvalue weighted by atomic mass is 9.55. The number of hydrogen-bond donors (Lipinski definition) is 7. The molecule has 2 saturated heterocycles. The highest BCUT2D eigenvalue weighted by molar-refractivity contribution is 5.93. The third-order valence-corrected chi connectivity index (χ3v) is 11.9. The molecule has 10 heteroatoms. The molecule has 1 aromatic rings. The molecule has 1 amide bonds. The summed E-state index contributed by atoms with van der Waals surface area (Å²) < 4.78 is 13.9. The molecule has 13 atom stereocenters. The number of primary amides is 1. The number of nitrogens with two attached hydrogens (primary N) is 1. The minimum absolute atomic E-state index is 0.0318. The predicted molar refractivity (Wildman–Crippen MR) is 171 cm³/mol. The van der Waals surface area contributed by atoms with Gasteiger partial charge in [-0.15, -0.1) is 0 Å². The number of benzene rings is 1. The Bertz CT molecular complexity index is 1320. The molecule has 3 fully saturated rings. The van der Waals surface area contributed by atoms with Gasteiger partial charge in [-0.05, 0) is 98.1 Å². The van der Waals surface area contributed by atoms with Gasteiger partial charge in [-0.2, -0.15) is 0 Å². The molecule has 2 aliphatic heterocycles. The molecule has 5 rings (SSSR count). The molecule has 0 radical (unpaired) electrons. The summed E-state index contributed by atoms with van der Waals surface area (Å²) in [7, 11) is 0. The number of fused-ring (bicyclic) bond motifs is 1. The number of allylic oxidation sites excluding steroid dienone is 2. The number of hydrogen-bond acceptors (Lipinski definition) is 9. The average Bonchev–Trinajstić information content (AvgIpc) is 2.98. The summed E-state index contributed by atoms with van der Waals surface area (Å²) in [5, 5.41) is 63.5. The number of phenolic OH excluding ortho intramolecular Hbond substituents is 2. The lowest BCUT2D eigenvalue weighted by molar-refractivity contribution is -0.356. The van der Waals surface area contributed by atoms with E-state index in [-0.39, 0.29) is 64.6 Å². The Hall–Kier alpha value is -2.63. The second-order valence-electron chi connectivity index (χ2n) is 14.8. The summed E-state index contributed by atoms with van der Waals surface area (Å²) in [4.78, 5) is 12.6. The number of aromatic hydroxyl groups is 2. The maximum atomic E-state index is 12.6. The van der Waals surface area contributed by atoms with E-state index < -0.39 is 48.3 Å². The molecule has 256 valence electrons. The van der Waals surface area contributed by atoms with Crippen molar-refractivity contribution in [1.82, 2.24) is 0 Å². The van der Waals surface area contributed by atoms with E-state index in [1.807, 2.05) is 13.8 Å². The minimum atomic E-state index is -1.46. The summed E-state index contributed by atoms with van der Waals surface area (Å²) in [6.45, 7) is 9.56. The van der Waals surface area contributed by atoms with Crippen molar-refractivity contribution in [2.45, 2.75) is 103 Å². The molecule has 8 N–H and O–H groups in total. The lowest BCUT2D eigenvalue weighted by Gasteiger charge is -2.55. The van der Waals surface area contributed by atoms with Crippen molar-refractivity contribution in [2.75, 3.05) is 6.61 Å². The van der Waals surface area contributed by atoms with E-state index in [1.165, 1.54) is 6.07 Å². The van der Waals surface area contributed by atoms with Gasteiger partial charge < -0.3 is 45.8 Å². The SMILES string of the molecule is CC1=CC2CC[C@@H](O)C(C)C2[C@@H](C(O)/C(C(N)=O)=C(\O)CO)[C@@H]1CC1O[C@@]2(CC[C@H](C)[C@@H](c3cc(O)cc(O)c3)O2)[C@@H](C)C[C@@H]1C. The zero-order chi connectivity index (χ0) is 33.7. The Morgan fingerprint density at radius 3 is 2.35 bits per heavy atom. The number of carbonyl (C=O) groups excluding carboxylic acids is 1. The van der Waals surface area contributed by atoms with Crippen molar-refractivity contribution in [3.8, 4) is 11.5 Å². The fourth-order valence-corrected chi connectivity index (χ4v) is 9.34. The van der Waals surface area contributed by atoms with Crippen LogP contribution in [-0.4, -0.2) is 67.3 Å². The molecular weight excluding hydrogens is 590 g/mol. The van der Waals surface area contributed by atoms with Crippen LogP contribution in [0.1, 0.15) is 84.8 Å². The molecule has 4 aliphatic rings. The molecular formula is C36H53NO9. The Morgan fingerprint density at radius 1 is 1.04 bits per heavy atom. The van der Waals surface area contributed by atoms with Crippen LogP contribution in [0.15, 0.2) is 41.2 Å². The molecule has 2 heterocycles. The van der Waals surface area contributed by atoms with Crippen molar-refractivity contribution in [3.05, 3.63) is 46.7 Å². The predicted octanol–water partition coefficient (Wildman–Crippen LogP) is 4.60. The highest BCUT2D eigenvalue weighted by atomic mass is 16.7. The Labute approximate surface area is 271 Å². The fraction of sp³-hybridized carbons (Fsp3) is 0.694. The van der Waals surface area contributed by atoms with E-state index >= 15 is 0 Å². The second kappa shape index (κ2) is 13.5. The number of amides is 1. The molecule has 10 nitrogen and oxygen atoms in total. The van der Waals surface area contributed by atoms with Crippen LogP contribution in [0, 0.1) is 47.3 Å². The highest BCUT2D eigenvalue weighted by Gasteiger charge is 2.54. The Balaban J connectivity index is 1.50. The third kappa shape index (κ3) is 6.43. The van der Waals surface area contributed by atoms with Crippen molar-refractivity contribution >= 4 is 5.91 Å². The quantitative estimate of drug-likeness (QED) is 0.127. The third-order valence-electron chi connectivity index (χ3n) is 11.9. The van der Waals surface area contributed by atoms with Gasteiger partial charge in [0.25, 0.3) is 5.91 Å². The van der Waals surface area contributed by atoms with Crippen LogP contribution in [0.25, 0.3) is 0 Å². The van der Waals surface area contributed by atoms with Gasteiger partial charge in [0.2, 0.25) is 0 Å². The van der Waals surface area contributed by atoms with Gasteiger partial charge in [-0.1, -0.05) is 39.3 Å². The van der Waals surface area contributed by atoms with Gasteiger partial charge in [-0.25, -0.2) is 0 Å². The van der Waals surface area contributed by atoms with Crippen LogP contribution < -0.4 is 5.73 Å². The normalized spacial score (nSPS) is 40.9. The van der Waals surface area contributed by atoms with E-state index in [1.54, 1.807) is 12.1 Å². The van der Waals surface area contributed by atoms with Crippen LogP contribution in [0.3, 0.4) is 0 Å². The molecule has 1 saturated carbocycles. The first-order valence-corrected chi connectivity index (χ1v) is 16.9. The van der Waals surface area contributed by atoms with Gasteiger partial charge in [-0.3, -0.25) is 4.79 Å². The zero-order valence-corrected chi connectivity index (χ0v) is 27.7. The van der Waals surface area contributed by atoms with Crippen LogP contribution in [0.2, 0.25) is 0 Å². The Morgan fingerprint density at radius 2 is 1.72 bits per heavy atom. The second-order valence-corrected chi connectivity index (χ2v) is 14.8. The summed E-state index contributed by atoms with van der Waals surface area (Å²) >= 11 is 0. The van der Waals surface area contributed by atoms with E-state index in [0.717, 1.165) is 24.8 Å². The Kier molecular flexibility index (Phi) is 10.2. The number of aliphatic hydroxyl groups excluding tert-OH is 4. The zero-order valence-electron chi connectivity index (χ0n) is 27.7. The molecule has 5 unspecified atom stereocenters. The molecule has 1 spiro atoms. The van der Waals surface area contributed by atoms with Gasteiger partial charge in [0.1, 0.15) is 23.9 Å². The van der Waals surface area contributed by atoms with Crippen LogP contribution in [0.5, 0.6) is 11.5 Å². The van der Waals surface area contributed by atoms with Crippen molar-refractivity contribution in [1.29, 1.82) is 0 Å². The van der Waals surface area contributed by atoms with Crippen molar-refractivity contribution < 1.29 is 44.9 Å². The molecule has 1 aromatic carbocycles. The average molecular weight is 644 g/mol. The number of rotatable bonds is 7. The van der Waals surface area contributed by atoms with Crippen LogP contribution >= 0.6 is 0 Å². The van der Waals surface area contributed by atoms with Crippen molar-refractivity contribution in [2.24, 2.45) is 53.1 Å². The van der Waals surface area contributed by atoms with Crippen molar-refractivity contribution in [3.63, 3.8) is 0 Å². The van der Waals surface area contributed by atoms with E-state index in [2.05, 4.69) is 26.8 Å². The van der Waals surface area contributed by atoms with Gasteiger partial charge in [0.15, 0.2) is 5.79 Å². The molecule has 2 aliphatic carbocycles. The first-order chi connectivity index (χ1) is 21.7. The lowest BCUT2D eigenvalue weighted by Crippen LogP contribution is -2.56. The molecule has 46 heavy (non-hydrogen) atoms. The van der Waals surface area contributed by atoms with Crippen LogP contribution in [-0.2, 0) is 14.3 Å². The topological polar surface area (TPSA) is 183 Å². The van der Waals surface area contributed by atoms with Gasteiger partial charge in [0.05, 0.1) is 30.0 Å². The van der Waals surface area contributed by atoms with Gasteiger partial charge in [0, 0.05) is 18.4 Å². The maximum Gasteiger partial charge on any atom is 0.250 e. The van der Waals surface area contributed by atoms with E-state index in [9.17, 15) is 35.4 Å². The summed E-state index contributed by atoms with van der Waals surface area (Å²) in [5.74, 6) is -3.44. The number of ether oxygens (including phenoxy) is 2. The first kappa shape index (κ1) is 34.7. The monoisotopic (exact) mass is 643 g/mol. The summed E-state index contributed by atoms with van der Waals surface area (Å²) in [5.41, 5.74) is 7.03. The standard InChI is InChI=1S/C36H53NO9/c1-17-8-9-36(46-34(17)23-12-24(39)14-25(40)13-23)20(4)10-19(3)29(45-36)15-26-18(2)11-22-6-7-27(41)21(5)30(22)31(26)33(43)32(35(37)44)28(42)16-38/h11-14,17,19-22,26-27,29-31,33-34,38-43H,6-10,15-16H2,1-5H3,(H2,37,44)/b32-28+/t17-,19-,20-,21?,22?,26+,27+,29?,30?,31-,33?,34-,36+/m0/s1. The highest BCUT2D eigenvalue weighted by Crippen LogP contribution is 2.55. The summed E-state index contributed by atoms with van der Waals surface area (Å²) in [6, 6.07) is 4.54. The summed E-state index contributed by atoms with van der Waals surface area (Å²) in [6.07, 6.45) is 3.75. The molecule has 0 bridgehead atoms. The van der Waals surface area contributed by atoms with Crippen LogP contribution in [0.4, 0.5) is 0 Å². The van der Waals surface area contributed by atoms with E-state index in [4.69, 9.17) is 15.2 Å². The number of aliphatic hydroxyl groups is 4. The van der Waals surface area contributed by atoms with E-state index in [0.29, 0.717) is 24.8 Å². The first-order valence-electron chi connectivity index (χ1n) is 16.9. The molecule has 0 aromatic heterocycles. The number of phenols is 2. The number of carbonyl (C=O) groups is 1. The fourth-order valence-electron chi connectivity index (χ4n) is 9.34. The largest absolute Gasteiger partial charge is 0.509 e. The van der Waals surface area contributed by atoms with Gasteiger partial charge >= 0.3 is 0 Å².